The maximum atomic E-state index is 6.08. The molecule has 13 heavy (non-hydrogen) atoms. The van der Waals surface area contributed by atoms with Crippen molar-refractivity contribution in [3.05, 3.63) is 28.3 Å². The van der Waals surface area contributed by atoms with Crippen LogP contribution in [0.1, 0.15) is 17.5 Å². The molecule has 0 radical (unpaired) electrons. The Morgan fingerprint density at radius 2 is 2.15 bits per heavy atom. The Morgan fingerprint density at radius 3 is 2.92 bits per heavy atom. The van der Waals surface area contributed by atoms with Gasteiger partial charge in [-0.2, -0.15) is 0 Å². The van der Waals surface area contributed by atoms with Gasteiger partial charge in [-0.25, -0.2) is 0 Å². The molecule has 1 aromatic carbocycles. The monoisotopic (exact) mass is 195 g/mol. The molecule has 0 aromatic heterocycles. The van der Waals surface area contributed by atoms with Crippen molar-refractivity contribution in [3.63, 3.8) is 0 Å². The zero-order valence-electron chi connectivity index (χ0n) is 8.10. The molecule has 0 N–H and O–H groups in total. The van der Waals surface area contributed by atoms with Gasteiger partial charge in [0.2, 0.25) is 0 Å². The molecule has 0 atom stereocenters. The third-order valence-electron chi connectivity index (χ3n) is 2.77. The van der Waals surface area contributed by atoms with E-state index in [1.54, 1.807) is 0 Å². The lowest BCUT2D eigenvalue weighted by molar-refractivity contribution is 0.741. The van der Waals surface area contributed by atoms with Crippen molar-refractivity contribution in [2.24, 2.45) is 0 Å². The third-order valence-corrected chi connectivity index (χ3v) is 3.18. The predicted molar refractivity (Wildman–Crippen MR) is 57.8 cm³/mol. The minimum atomic E-state index is 0.882. The van der Waals surface area contributed by atoms with E-state index >= 15 is 0 Å². The predicted octanol–water partition coefficient (Wildman–Crippen LogP) is 3.03. The van der Waals surface area contributed by atoms with Crippen LogP contribution in [0.5, 0.6) is 0 Å². The van der Waals surface area contributed by atoms with Crippen LogP contribution in [0, 0.1) is 6.92 Å². The lowest BCUT2D eigenvalue weighted by atomic mass is 9.99. The summed E-state index contributed by atoms with van der Waals surface area (Å²) in [7, 11) is 2.14. The van der Waals surface area contributed by atoms with Crippen LogP contribution in [0.25, 0.3) is 0 Å². The number of hydrogen-bond donors (Lipinski definition) is 0. The number of aryl methyl sites for hydroxylation is 1. The lowest BCUT2D eigenvalue weighted by Gasteiger charge is -2.29. The number of fused-ring (bicyclic) bond motifs is 1. The van der Waals surface area contributed by atoms with Gasteiger partial charge < -0.3 is 4.90 Å². The van der Waals surface area contributed by atoms with Gasteiger partial charge in [0.25, 0.3) is 0 Å². The Bertz CT molecular complexity index is 333. The fraction of sp³-hybridized carbons (Fsp3) is 0.455. The number of rotatable bonds is 0. The summed E-state index contributed by atoms with van der Waals surface area (Å²) in [6, 6.07) is 4.16. The maximum absolute atomic E-state index is 6.08. The van der Waals surface area contributed by atoms with E-state index in [1.165, 1.54) is 29.7 Å². The fourth-order valence-corrected chi connectivity index (χ4v) is 2.24. The molecule has 1 aliphatic rings. The van der Waals surface area contributed by atoms with E-state index in [0.717, 1.165) is 11.6 Å². The largest absolute Gasteiger partial charge is 0.374 e. The zero-order valence-corrected chi connectivity index (χ0v) is 8.86. The first kappa shape index (κ1) is 8.89. The summed E-state index contributed by atoms with van der Waals surface area (Å²) in [4.78, 5) is 2.31. The van der Waals surface area contributed by atoms with Gasteiger partial charge in [0.05, 0.1) is 0 Å². The first-order valence-electron chi connectivity index (χ1n) is 4.69. The Hall–Kier alpha value is -0.690. The van der Waals surface area contributed by atoms with E-state index in [0.29, 0.717) is 0 Å². The first-order valence-corrected chi connectivity index (χ1v) is 5.07. The van der Waals surface area contributed by atoms with Crippen molar-refractivity contribution >= 4 is 17.3 Å². The molecule has 0 bridgehead atoms. The maximum Gasteiger partial charge on any atom is 0.0456 e. The molecule has 0 unspecified atom stereocenters. The van der Waals surface area contributed by atoms with E-state index in [-0.39, 0.29) is 0 Å². The van der Waals surface area contributed by atoms with Crippen molar-refractivity contribution in [2.75, 3.05) is 18.5 Å². The standard InChI is InChI=1S/C11H14ClN/c1-8-10(12)6-5-9-4-3-7-13(2)11(8)9/h5-6H,3-4,7H2,1-2H3. The van der Waals surface area contributed by atoms with Crippen molar-refractivity contribution < 1.29 is 0 Å². The summed E-state index contributed by atoms with van der Waals surface area (Å²) in [5.41, 5.74) is 4.01. The molecule has 0 saturated carbocycles. The molecule has 2 rings (SSSR count). The molecule has 1 aliphatic heterocycles. The van der Waals surface area contributed by atoms with Crippen LogP contribution in [0.3, 0.4) is 0 Å². The van der Waals surface area contributed by atoms with E-state index in [9.17, 15) is 0 Å². The molecule has 1 heterocycles. The van der Waals surface area contributed by atoms with Crippen LogP contribution in [-0.4, -0.2) is 13.6 Å². The normalized spacial score (nSPS) is 15.8. The van der Waals surface area contributed by atoms with Gasteiger partial charge in [-0.05, 0) is 37.0 Å². The number of benzene rings is 1. The molecule has 0 saturated heterocycles. The second kappa shape index (κ2) is 3.22. The van der Waals surface area contributed by atoms with Crippen LogP contribution in [-0.2, 0) is 6.42 Å². The molecule has 0 spiro atoms. The molecule has 70 valence electrons. The highest BCUT2D eigenvalue weighted by molar-refractivity contribution is 6.31. The zero-order chi connectivity index (χ0) is 9.42. The van der Waals surface area contributed by atoms with Gasteiger partial charge >= 0.3 is 0 Å². The van der Waals surface area contributed by atoms with Crippen molar-refractivity contribution in [2.45, 2.75) is 19.8 Å². The Morgan fingerprint density at radius 1 is 1.38 bits per heavy atom. The van der Waals surface area contributed by atoms with Crippen molar-refractivity contribution in [1.82, 2.24) is 0 Å². The van der Waals surface area contributed by atoms with Crippen molar-refractivity contribution in [1.29, 1.82) is 0 Å². The molecule has 1 nitrogen and oxygen atoms in total. The molecule has 2 heteroatoms. The van der Waals surface area contributed by atoms with Crippen LogP contribution in [0.4, 0.5) is 5.69 Å². The minimum Gasteiger partial charge on any atom is -0.374 e. The summed E-state index contributed by atoms with van der Waals surface area (Å²) < 4.78 is 0. The van der Waals surface area contributed by atoms with Gasteiger partial charge in [-0.3, -0.25) is 0 Å². The highest BCUT2D eigenvalue weighted by Crippen LogP contribution is 2.33. The molecule has 0 aliphatic carbocycles. The van der Waals surface area contributed by atoms with Crippen LogP contribution < -0.4 is 4.90 Å². The highest BCUT2D eigenvalue weighted by Gasteiger charge is 2.16. The first-order chi connectivity index (χ1) is 6.20. The summed E-state index contributed by atoms with van der Waals surface area (Å²) in [5.74, 6) is 0. The molecule has 0 fully saturated rings. The van der Waals surface area contributed by atoms with E-state index in [4.69, 9.17) is 11.6 Å². The fourth-order valence-electron chi connectivity index (χ4n) is 2.08. The van der Waals surface area contributed by atoms with E-state index in [1.807, 2.05) is 6.07 Å². The summed E-state index contributed by atoms with van der Waals surface area (Å²) in [5, 5.41) is 0.882. The number of hydrogen-bond acceptors (Lipinski definition) is 1. The van der Waals surface area contributed by atoms with Crippen LogP contribution in [0.2, 0.25) is 5.02 Å². The van der Waals surface area contributed by atoms with Crippen molar-refractivity contribution in [3.8, 4) is 0 Å². The second-order valence-electron chi connectivity index (χ2n) is 3.71. The number of halogens is 1. The average molecular weight is 196 g/mol. The quantitative estimate of drug-likeness (QED) is 0.615. The Balaban J connectivity index is 2.58. The van der Waals surface area contributed by atoms with Gasteiger partial charge in [0.1, 0.15) is 0 Å². The lowest BCUT2D eigenvalue weighted by Crippen LogP contribution is -2.25. The third kappa shape index (κ3) is 1.42. The van der Waals surface area contributed by atoms with Crippen LogP contribution in [0.15, 0.2) is 12.1 Å². The van der Waals surface area contributed by atoms with Gasteiger partial charge in [0, 0.05) is 24.3 Å². The van der Waals surface area contributed by atoms with E-state index in [2.05, 4.69) is 24.9 Å². The Labute approximate surface area is 84.3 Å². The molecule has 0 amide bonds. The summed E-state index contributed by atoms with van der Waals surface area (Å²) in [6.45, 7) is 3.25. The van der Waals surface area contributed by atoms with E-state index < -0.39 is 0 Å². The van der Waals surface area contributed by atoms with Gasteiger partial charge in [0.15, 0.2) is 0 Å². The molecular weight excluding hydrogens is 182 g/mol. The second-order valence-corrected chi connectivity index (χ2v) is 4.11. The highest BCUT2D eigenvalue weighted by atomic mass is 35.5. The Kier molecular flexibility index (Phi) is 2.20. The van der Waals surface area contributed by atoms with Gasteiger partial charge in [-0.15, -0.1) is 0 Å². The molecular formula is C11H14ClN. The van der Waals surface area contributed by atoms with Gasteiger partial charge in [-0.1, -0.05) is 17.7 Å². The number of anilines is 1. The minimum absolute atomic E-state index is 0.882. The van der Waals surface area contributed by atoms with Crippen LogP contribution >= 0.6 is 11.6 Å². The average Bonchev–Trinajstić information content (AvgIpc) is 2.12. The smallest absolute Gasteiger partial charge is 0.0456 e. The summed E-state index contributed by atoms with van der Waals surface area (Å²) >= 11 is 6.08. The SMILES string of the molecule is Cc1c(Cl)ccc2c1N(C)CCC2. The number of nitrogens with zero attached hydrogens (tertiary/aromatic N) is 1. The topological polar surface area (TPSA) is 3.24 Å². The molecule has 1 aromatic rings. The summed E-state index contributed by atoms with van der Waals surface area (Å²) in [6.07, 6.45) is 2.45.